The second kappa shape index (κ2) is 8.12. The van der Waals surface area contributed by atoms with E-state index in [2.05, 4.69) is 4.98 Å². The van der Waals surface area contributed by atoms with Crippen molar-refractivity contribution in [3.8, 4) is 5.75 Å². The highest BCUT2D eigenvalue weighted by Crippen LogP contribution is 2.23. The molecule has 5 heteroatoms. The maximum Gasteiger partial charge on any atom is 0.254 e. The Kier molecular flexibility index (Phi) is 5.66. The first-order valence-electron chi connectivity index (χ1n) is 8.83. The zero-order valence-electron chi connectivity index (χ0n) is 14.6. The van der Waals surface area contributed by atoms with E-state index in [0.717, 1.165) is 31.4 Å². The number of hydrogen-bond donors (Lipinski definition) is 1. The number of pyridine rings is 1. The first-order chi connectivity index (χ1) is 12.1. The molecule has 2 atom stereocenters. The van der Waals surface area contributed by atoms with Crippen LogP contribution in [0.5, 0.6) is 5.75 Å². The zero-order chi connectivity index (χ0) is 17.6. The summed E-state index contributed by atoms with van der Waals surface area (Å²) in [6.07, 6.45) is 6.64. The number of benzene rings is 1. The lowest BCUT2D eigenvalue weighted by molar-refractivity contribution is 0.0583. The molecule has 1 amide bonds. The Morgan fingerprint density at radius 1 is 1.36 bits per heavy atom. The smallest absolute Gasteiger partial charge is 0.254 e. The standard InChI is InChI=1S/C20H25N3O2/c1-15(21)19-9-2-3-11-23(19)20(24)17-7-4-8-18(12-17)25-14-16-6-5-10-22-13-16/h4-8,10,12-13,15,19H,2-3,9,11,14,21H2,1H3/t15-,19+/m0/s1. The van der Waals surface area contributed by atoms with Gasteiger partial charge in [-0.1, -0.05) is 12.1 Å². The van der Waals surface area contributed by atoms with Gasteiger partial charge in [0, 0.05) is 42.1 Å². The van der Waals surface area contributed by atoms with Crippen LogP contribution in [0.2, 0.25) is 0 Å². The van der Waals surface area contributed by atoms with Crippen LogP contribution in [-0.4, -0.2) is 34.4 Å². The molecule has 2 N–H and O–H groups in total. The van der Waals surface area contributed by atoms with Crippen molar-refractivity contribution in [1.29, 1.82) is 0 Å². The Labute approximate surface area is 148 Å². The molecule has 1 aromatic carbocycles. The Morgan fingerprint density at radius 2 is 2.24 bits per heavy atom. The fourth-order valence-corrected chi connectivity index (χ4v) is 3.29. The van der Waals surface area contributed by atoms with Crippen LogP contribution < -0.4 is 10.5 Å². The first kappa shape index (κ1) is 17.4. The highest BCUT2D eigenvalue weighted by Gasteiger charge is 2.29. The van der Waals surface area contributed by atoms with E-state index in [1.54, 1.807) is 12.4 Å². The van der Waals surface area contributed by atoms with Crippen molar-refractivity contribution in [3.05, 3.63) is 59.9 Å². The lowest BCUT2D eigenvalue weighted by Gasteiger charge is -2.38. The number of carbonyl (C=O) groups is 1. The Balaban J connectivity index is 1.70. The van der Waals surface area contributed by atoms with E-state index in [4.69, 9.17) is 10.5 Å². The van der Waals surface area contributed by atoms with Gasteiger partial charge in [0.05, 0.1) is 0 Å². The van der Waals surface area contributed by atoms with Gasteiger partial charge in [-0.3, -0.25) is 9.78 Å². The third-order valence-electron chi connectivity index (χ3n) is 4.63. The number of likely N-dealkylation sites (tertiary alicyclic amines) is 1. The fraction of sp³-hybridized carbons (Fsp3) is 0.400. The minimum absolute atomic E-state index is 0.0192. The van der Waals surface area contributed by atoms with Crippen LogP contribution in [0.3, 0.4) is 0 Å². The molecule has 0 aliphatic carbocycles. The maximum atomic E-state index is 12.9. The lowest BCUT2D eigenvalue weighted by atomic mass is 9.96. The molecule has 1 saturated heterocycles. The fourth-order valence-electron chi connectivity index (χ4n) is 3.29. The summed E-state index contributed by atoms with van der Waals surface area (Å²) in [4.78, 5) is 18.9. The summed E-state index contributed by atoms with van der Waals surface area (Å²) in [5, 5.41) is 0. The third kappa shape index (κ3) is 4.37. The predicted octanol–water partition coefficient (Wildman–Crippen LogP) is 3.00. The summed E-state index contributed by atoms with van der Waals surface area (Å²) in [6.45, 7) is 3.17. The van der Waals surface area contributed by atoms with Crippen molar-refractivity contribution < 1.29 is 9.53 Å². The van der Waals surface area contributed by atoms with Gasteiger partial charge >= 0.3 is 0 Å². The van der Waals surface area contributed by atoms with E-state index < -0.39 is 0 Å². The van der Waals surface area contributed by atoms with Gasteiger partial charge in [0.15, 0.2) is 0 Å². The van der Waals surface area contributed by atoms with Gasteiger partial charge < -0.3 is 15.4 Å². The molecule has 1 aromatic heterocycles. The lowest BCUT2D eigenvalue weighted by Crippen LogP contribution is -2.51. The maximum absolute atomic E-state index is 12.9. The van der Waals surface area contributed by atoms with E-state index in [1.165, 1.54) is 0 Å². The molecule has 0 spiro atoms. The van der Waals surface area contributed by atoms with Crippen molar-refractivity contribution in [2.24, 2.45) is 5.73 Å². The summed E-state index contributed by atoms with van der Waals surface area (Å²) in [5.41, 5.74) is 7.73. The van der Waals surface area contributed by atoms with E-state index in [1.807, 2.05) is 48.2 Å². The molecule has 0 radical (unpaired) electrons. The Hall–Kier alpha value is -2.40. The molecular weight excluding hydrogens is 314 g/mol. The molecule has 1 fully saturated rings. The molecule has 5 nitrogen and oxygen atoms in total. The first-order valence-corrected chi connectivity index (χ1v) is 8.83. The number of ether oxygens (including phenoxy) is 1. The minimum atomic E-state index is -0.0192. The third-order valence-corrected chi connectivity index (χ3v) is 4.63. The average Bonchev–Trinajstić information content (AvgIpc) is 2.67. The molecule has 1 aliphatic heterocycles. The molecule has 1 aliphatic rings. The second-order valence-electron chi connectivity index (χ2n) is 6.60. The Bertz CT molecular complexity index is 703. The van der Waals surface area contributed by atoms with Crippen molar-refractivity contribution >= 4 is 5.91 Å². The van der Waals surface area contributed by atoms with Crippen LogP contribution in [0.1, 0.15) is 42.1 Å². The van der Waals surface area contributed by atoms with Crippen LogP contribution in [0.15, 0.2) is 48.8 Å². The van der Waals surface area contributed by atoms with Crippen molar-refractivity contribution in [3.63, 3.8) is 0 Å². The quantitative estimate of drug-likeness (QED) is 0.909. The van der Waals surface area contributed by atoms with Crippen LogP contribution in [0.25, 0.3) is 0 Å². The number of aromatic nitrogens is 1. The number of nitrogens with two attached hydrogens (primary N) is 1. The monoisotopic (exact) mass is 339 g/mol. The van der Waals surface area contributed by atoms with Crippen LogP contribution in [-0.2, 0) is 6.61 Å². The van der Waals surface area contributed by atoms with Gasteiger partial charge in [-0.15, -0.1) is 0 Å². The number of hydrogen-bond acceptors (Lipinski definition) is 4. The Morgan fingerprint density at radius 3 is 3.00 bits per heavy atom. The van der Waals surface area contributed by atoms with Crippen molar-refractivity contribution in [2.45, 2.75) is 44.9 Å². The molecule has 3 rings (SSSR count). The van der Waals surface area contributed by atoms with Gasteiger partial charge in [-0.25, -0.2) is 0 Å². The number of piperidine rings is 1. The average molecular weight is 339 g/mol. The number of amides is 1. The van der Waals surface area contributed by atoms with Gasteiger partial charge in [0.2, 0.25) is 0 Å². The SMILES string of the molecule is C[C@H](N)[C@H]1CCCCN1C(=O)c1cccc(OCc2cccnc2)c1. The molecule has 132 valence electrons. The second-order valence-corrected chi connectivity index (χ2v) is 6.60. The largest absolute Gasteiger partial charge is 0.489 e. The summed E-state index contributed by atoms with van der Waals surface area (Å²) in [6, 6.07) is 11.3. The highest BCUT2D eigenvalue weighted by atomic mass is 16.5. The molecule has 25 heavy (non-hydrogen) atoms. The van der Waals surface area contributed by atoms with Gasteiger partial charge in [0.25, 0.3) is 5.91 Å². The summed E-state index contributed by atoms with van der Waals surface area (Å²) >= 11 is 0. The number of nitrogens with zero attached hydrogens (tertiary/aromatic N) is 2. The summed E-state index contributed by atoms with van der Waals surface area (Å²) in [5.74, 6) is 0.720. The van der Waals surface area contributed by atoms with Gasteiger partial charge in [-0.2, -0.15) is 0 Å². The van der Waals surface area contributed by atoms with E-state index in [0.29, 0.717) is 17.9 Å². The van der Waals surface area contributed by atoms with Crippen molar-refractivity contribution in [2.75, 3.05) is 6.54 Å². The zero-order valence-corrected chi connectivity index (χ0v) is 14.6. The van der Waals surface area contributed by atoms with E-state index in [-0.39, 0.29) is 18.0 Å². The van der Waals surface area contributed by atoms with E-state index >= 15 is 0 Å². The molecule has 2 heterocycles. The predicted molar refractivity (Wildman–Crippen MR) is 97.3 cm³/mol. The molecular formula is C20H25N3O2. The van der Waals surface area contributed by atoms with Crippen LogP contribution >= 0.6 is 0 Å². The van der Waals surface area contributed by atoms with Crippen LogP contribution in [0.4, 0.5) is 0 Å². The summed E-state index contributed by atoms with van der Waals surface area (Å²) < 4.78 is 5.81. The van der Waals surface area contributed by atoms with Gasteiger partial charge in [0.1, 0.15) is 12.4 Å². The minimum Gasteiger partial charge on any atom is -0.489 e. The normalized spacial score (nSPS) is 18.6. The molecule has 0 unspecified atom stereocenters. The molecule has 0 saturated carbocycles. The van der Waals surface area contributed by atoms with E-state index in [9.17, 15) is 4.79 Å². The van der Waals surface area contributed by atoms with Gasteiger partial charge in [-0.05, 0) is 50.5 Å². The summed E-state index contributed by atoms with van der Waals surface area (Å²) in [7, 11) is 0. The number of carbonyl (C=O) groups excluding carboxylic acids is 1. The highest BCUT2D eigenvalue weighted by molar-refractivity contribution is 5.95. The van der Waals surface area contributed by atoms with Crippen molar-refractivity contribution in [1.82, 2.24) is 9.88 Å². The molecule has 0 bridgehead atoms. The molecule has 2 aromatic rings. The topological polar surface area (TPSA) is 68.5 Å². The van der Waals surface area contributed by atoms with Crippen LogP contribution in [0, 0.1) is 0 Å². The number of rotatable bonds is 5.